The zero-order valence-corrected chi connectivity index (χ0v) is 16.9. The van der Waals surface area contributed by atoms with Crippen LogP contribution in [-0.2, 0) is 9.53 Å². The van der Waals surface area contributed by atoms with Gasteiger partial charge in [-0.15, -0.1) is 0 Å². The van der Waals surface area contributed by atoms with Crippen molar-refractivity contribution in [3.05, 3.63) is 71.8 Å². The van der Waals surface area contributed by atoms with E-state index in [-0.39, 0.29) is 11.9 Å². The predicted molar refractivity (Wildman–Crippen MR) is 113 cm³/mol. The Labute approximate surface area is 172 Å². The van der Waals surface area contributed by atoms with E-state index >= 15 is 0 Å². The highest BCUT2D eigenvalue weighted by Gasteiger charge is 2.27. The van der Waals surface area contributed by atoms with Crippen molar-refractivity contribution >= 4 is 12.0 Å². The zero-order chi connectivity index (χ0) is 20.5. The lowest BCUT2D eigenvalue weighted by molar-refractivity contribution is -0.133. The third kappa shape index (κ3) is 5.81. The van der Waals surface area contributed by atoms with Crippen LogP contribution < -0.4 is 5.32 Å². The summed E-state index contributed by atoms with van der Waals surface area (Å²) in [7, 11) is 0. The Morgan fingerprint density at radius 1 is 0.931 bits per heavy atom. The number of alkyl carbamates (subject to hydrolysis) is 1. The van der Waals surface area contributed by atoms with Crippen molar-refractivity contribution < 1.29 is 14.3 Å². The van der Waals surface area contributed by atoms with Crippen LogP contribution in [0.5, 0.6) is 0 Å². The highest BCUT2D eigenvalue weighted by molar-refractivity contribution is 5.77. The van der Waals surface area contributed by atoms with Crippen LogP contribution in [0.1, 0.15) is 30.5 Å². The molecule has 0 radical (unpaired) electrons. The number of hydrogen-bond donors (Lipinski definition) is 1. The fourth-order valence-electron chi connectivity index (χ4n) is 3.73. The van der Waals surface area contributed by atoms with E-state index in [0.29, 0.717) is 32.7 Å². The van der Waals surface area contributed by atoms with E-state index in [1.54, 1.807) is 6.92 Å². The first kappa shape index (κ1) is 20.9. The molecule has 6 heteroatoms. The first-order chi connectivity index (χ1) is 14.2. The van der Waals surface area contributed by atoms with Crippen LogP contribution in [0.25, 0.3) is 0 Å². The van der Waals surface area contributed by atoms with E-state index in [1.807, 2.05) is 17.0 Å². The third-order valence-electron chi connectivity index (χ3n) is 5.15. The molecule has 0 aromatic heterocycles. The van der Waals surface area contributed by atoms with Gasteiger partial charge in [0.2, 0.25) is 5.91 Å². The van der Waals surface area contributed by atoms with Gasteiger partial charge in [0.1, 0.15) is 0 Å². The Morgan fingerprint density at radius 2 is 1.48 bits per heavy atom. The van der Waals surface area contributed by atoms with E-state index in [0.717, 1.165) is 13.1 Å². The second-order valence-electron chi connectivity index (χ2n) is 7.04. The topological polar surface area (TPSA) is 61.9 Å². The van der Waals surface area contributed by atoms with E-state index in [9.17, 15) is 9.59 Å². The number of piperazine rings is 1. The number of nitrogens with zero attached hydrogens (tertiary/aromatic N) is 2. The molecule has 2 amide bonds. The summed E-state index contributed by atoms with van der Waals surface area (Å²) in [6, 6.07) is 21.2. The summed E-state index contributed by atoms with van der Waals surface area (Å²) < 4.78 is 4.81. The minimum Gasteiger partial charge on any atom is -0.450 e. The van der Waals surface area contributed by atoms with Crippen molar-refractivity contribution in [3.8, 4) is 0 Å². The van der Waals surface area contributed by atoms with Gasteiger partial charge in [-0.2, -0.15) is 0 Å². The number of benzene rings is 2. The normalized spacial score (nSPS) is 14.6. The minimum atomic E-state index is -0.473. The quantitative estimate of drug-likeness (QED) is 0.783. The Morgan fingerprint density at radius 3 is 2.00 bits per heavy atom. The standard InChI is InChI=1S/C23H29N3O3/c1-2-29-23(28)24-14-13-21(27)25-15-17-26(18-16-25)22(19-9-5-3-6-10-19)20-11-7-4-8-12-20/h3-12,22H,2,13-18H2,1H3,(H,24,28). The lowest BCUT2D eigenvalue weighted by atomic mass is 9.96. The van der Waals surface area contributed by atoms with Crippen molar-refractivity contribution in [1.29, 1.82) is 0 Å². The number of rotatable bonds is 7. The Bertz CT molecular complexity index is 735. The van der Waals surface area contributed by atoms with Crippen LogP contribution in [0, 0.1) is 0 Å². The highest BCUT2D eigenvalue weighted by Crippen LogP contribution is 2.29. The molecular weight excluding hydrogens is 366 g/mol. The van der Waals surface area contributed by atoms with Gasteiger partial charge < -0.3 is 15.0 Å². The fourth-order valence-corrected chi connectivity index (χ4v) is 3.73. The maximum absolute atomic E-state index is 12.5. The molecule has 2 aromatic carbocycles. The van der Waals surface area contributed by atoms with Crippen molar-refractivity contribution in [2.24, 2.45) is 0 Å². The molecule has 1 aliphatic heterocycles. The predicted octanol–water partition coefficient (Wildman–Crippen LogP) is 3.06. The monoisotopic (exact) mass is 395 g/mol. The molecule has 29 heavy (non-hydrogen) atoms. The van der Waals surface area contributed by atoms with Crippen molar-refractivity contribution in [2.45, 2.75) is 19.4 Å². The number of ether oxygens (including phenoxy) is 1. The van der Waals surface area contributed by atoms with Crippen LogP contribution in [0.4, 0.5) is 4.79 Å². The maximum Gasteiger partial charge on any atom is 0.407 e. The van der Waals surface area contributed by atoms with E-state index in [4.69, 9.17) is 4.74 Å². The van der Waals surface area contributed by atoms with E-state index in [1.165, 1.54) is 11.1 Å². The molecule has 0 unspecified atom stereocenters. The molecule has 2 aromatic rings. The van der Waals surface area contributed by atoms with E-state index < -0.39 is 6.09 Å². The lowest BCUT2D eigenvalue weighted by Crippen LogP contribution is -2.50. The summed E-state index contributed by atoms with van der Waals surface area (Å²) in [5.74, 6) is 0.0671. The number of hydrogen-bond acceptors (Lipinski definition) is 4. The average molecular weight is 396 g/mol. The fraction of sp³-hybridized carbons (Fsp3) is 0.391. The third-order valence-corrected chi connectivity index (χ3v) is 5.15. The van der Waals surface area contributed by atoms with Crippen LogP contribution >= 0.6 is 0 Å². The lowest BCUT2D eigenvalue weighted by Gasteiger charge is -2.39. The molecule has 3 rings (SSSR count). The van der Waals surface area contributed by atoms with Crippen LogP contribution in [0.2, 0.25) is 0 Å². The molecule has 1 fully saturated rings. The van der Waals surface area contributed by atoms with Gasteiger partial charge in [-0.3, -0.25) is 9.69 Å². The molecule has 1 aliphatic rings. The van der Waals surface area contributed by atoms with Crippen LogP contribution in [0.3, 0.4) is 0 Å². The number of carbonyl (C=O) groups is 2. The second-order valence-corrected chi connectivity index (χ2v) is 7.04. The van der Waals surface area contributed by atoms with Crippen molar-refractivity contribution in [1.82, 2.24) is 15.1 Å². The second kappa shape index (κ2) is 10.6. The van der Waals surface area contributed by atoms with Crippen molar-refractivity contribution in [2.75, 3.05) is 39.3 Å². The average Bonchev–Trinajstić information content (AvgIpc) is 2.76. The van der Waals surface area contributed by atoms with Crippen LogP contribution in [-0.4, -0.2) is 61.1 Å². The Kier molecular flexibility index (Phi) is 7.64. The van der Waals surface area contributed by atoms with Gasteiger partial charge >= 0.3 is 6.09 Å². The van der Waals surface area contributed by atoms with Crippen molar-refractivity contribution in [3.63, 3.8) is 0 Å². The SMILES string of the molecule is CCOC(=O)NCCC(=O)N1CCN(C(c2ccccc2)c2ccccc2)CC1. The number of amides is 2. The summed E-state index contributed by atoms with van der Waals surface area (Å²) in [6.07, 6.45) is -0.182. The first-order valence-electron chi connectivity index (χ1n) is 10.2. The molecule has 6 nitrogen and oxygen atoms in total. The molecule has 1 saturated heterocycles. The largest absolute Gasteiger partial charge is 0.450 e. The molecule has 1 N–H and O–H groups in total. The summed E-state index contributed by atoms with van der Waals surface area (Å²) in [4.78, 5) is 28.1. The van der Waals surface area contributed by atoms with Crippen LogP contribution in [0.15, 0.2) is 60.7 Å². The molecule has 1 heterocycles. The Balaban J connectivity index is 1.58. The minimum absolute atomic E-state index is 0.0671. The molecule has 0 bridgehead atoms. The molecule has 0 spiro atoms. The molecule has 0 saturated carbocycles. The molecule has 154 valence electrons. The van der Waals surface area contributed by atoms with Gasteiger partial charge in [-0.05, 0) is 18.1 Å². The maximum atomic E-state index is 12.5. The van der Waals surface area contributed by atoms with Gasteiger partial charge in [-0.1, -0.05) is 60.7 Å². The molecular formula is C23H29N3O3. The van der Waals surface area contributed by atoms with Gasteiger partial charge in [-0.25, -0.2) is 4.79 Å². The number of carbonyl (C=O) groups excluding carboxylic acids is 2. The summed E-state index contributed by atoms with van der Waals surface area (Å²) in [5, 5.41) is 2.60. The summed E-state index contributed by atoms with van der Waals surface area (Å²) >= 11 is 0. The van der Waals surface area contributed by atoms with Gasteiger partial charge in [0.25, 0.3) is 0 Å². The van der Waals surface area contributed by atoms with Gasteiger partial charge in [0, 0.05) is 39.1 Å². The molecule has 0 aliphatic carbocycles. The van der Waals surface area contributed by atoms with Gasteiger partial charge in [0.15, 0.2) is 0 Å². The zero-order valence-electron chi connectivity index (χ0n) is 16.9. The highest BCUT2D eigenvalue weighted by atomic mass is 16.5. The van der Waals surface area contributed by atoms with Gasteiger partial charge in [0.05, 0.1) is 12.6 Å². The summed E-state index contributed by atoms with van der Waals surface area (Å²) in [6.45, 7) is 5.38. The molecule has 0 atom stereocenters. The smallest absolute Gasteiger partial charge is 0.407 e. The van der Waals surface area contributed by atoms with E-state index in [2.05, 4.69) is 58.7 Å². The first-order valence-corrected chi connectivity index (χ1v) is 10.2. The number of nitrogens with one attached hydrogen (secondary N) is 1. The summed E-state index contributed by atoms with van der Waals surface area (Å²) in [5.41, 5.74) is 2.52. The Hall–Kier alpha value is -2.86.